The van der Waals surface area contributed by atoms with Crippen LogP contribution in [0.3, 0.4) is 0 Å². The summed E-state index contributed by atoms with van der Waals surface area (Å²) in [5.41, 5.74) is 0.829. The predicted molar refractivity (Wildman–Crippen MR) is 91.3 cm³/mol. The van der Waals surface area contributed by atoms with Crippen molar-refractivity contribution < 1.29 is 13.9 Å². The van der Waals surface area contributed by atoms with Crippen molar-refractivity contribution >= 4 is 17.7 Å². The molecule has 0 N–H and O–H groups in total. The third kappa shape index (κ3) is 4.23. The third-order valence-electron chi connectivity index (χ3n) is 3.21. The molecule has 0 amide bonds. The summed E-state index contributed by atoms with van der Waals surface area (Å²) in [5.74, 6) is 0.371. The molecule has 0 bridgehead atoms. The van der Waals surface area contributed by atoms with Crippen molar-refractivity contribution in [3.05, 3.63) is 66.6 Å². The quantitative estimate of drug-likeness (QED) is 0.500. The van der Waals surface area contributed by atoms with Gasteiger partial charge in [-0.25, -0.2) is 0 Å². The number of thioether (sulfide) groups is 1. The van der Waals surface area contributed by atoms with Crippen LogP contribution >= 0.6 is 11.8 Å². The van der Waals surface area contributed by atoms with E-state index in [4.69, 9.17) is 9.15 Å². The molecular formula is C18H16N2O3S. The fourth-order valence-corrected chi connectivity index (χ4v) is 2.90. The summed E-state index contributed by atoms with van der Waals surface area (Å²) in [5, 5.41) is 7.56. The molecule has 2 aromatic carbocycles. The van der Waals surface area contributed by atoms with Gasteiger partial charge in [0.15, 0.2) is 6.61 Å². The molecule has 5 nitrogen and oxygen atoms in total. The van der Waals surface area contributed by atoms with Crippen molar-refractivity contribution in [1.82, 2.24) is 10.2 Å². The second kappa shape index (κ2) is 7.79. The van der Waals surface area contributed by atoms with E-state index < -0.39 is 0 Å². The number of carbonyl (C=O) groups excluding carboxylic acids is 1. The summed E-state index contributed by atoms with van der Waals surface area (Å²) < 4.78 is 10.8. The van der Waals surface area contributed by atoms with Gasteiger partial charge in [-0.3, -0.25) is 4.79 Å². The van der Waals surface area contributed by atoms with Gasteiger partial charge in [-0.2, -0.15) is 0 Å². The Balaban J connectivity index is 1.54. The molecule has 0 radical (unpaired) electrons. The first-order valence-corrected chi connectivity index (χ1v) is 8.36. The van der Waals surface area contributed by atoms with Crippen LogP contribution in [0.1, 0.15) is 12.8 Å². The van der Waals surface area contributed by atoms with Crippen LogP contribution in [0.5, 0.6) is 0 Å². The first-order valence-electron chi connectivity index (χ1n) is 7.48. The maximum Gasteiger partial charge on any atom is 0.319 e. The number of rotatable bonds is 6. The number of ether oxygens (including phenoxy) is 1. The van der Waals surface area contributed by atoms with Crippen LogP contribution in [0.15, 0.2) is 70.0 Å². The molecule has 6 heteroatoms. The van der Waals surface area contributed by atoms with Crippen molar-refractivity contribution in [2.75, 3.05) is 0 Å². The molecule has 0 aliphatic carbocycles. The van der Waals surface area contributed by atoms with Gasteiger partial charge in [0.25, 0.3) is 5.89 Å². The zero-order valence-corrected chi connectivity index (χ0v) is 13.9. The van der Waals surface area contributed by atoms with Crippen molar-refractivity contribution in [2.24, 2.45) is 0 Å². The van der Waals surface area contributed by atoms with Gasteiger partial charge in [-0.15, -0.1) is 22.0 Å². The molecule has 3 rings (SSSR count). The maximum absolute atomic E-state index is 12.1. The van der Waals surface area contributed by atoms with Crippen LogP contribution in [-0.2, 0) is 16.1 Å². The highest BCUT2D eigenvalue weighted by Gasteiger charge is 2.17. The molecule has 1 atom stereocenters. The van der Waals surface area contributed by atoms with Crippen LogP contribution in [0.2, 0.25) is 0 Å². The van der Waals surface area contributed by atoms with E-state index in [1.165, 1.54) is 11.8 Å². The molecule has 0 unspecified atom stereocenters. The van der Waals surface area contributed by atoms with Crippen molar-refractivity contribution in [2.45, 2.75) is 23.7 Å². The predicted octanol–water partition coefficient (Wildman–Crippen LogP) is 3.96. The Labute approximate surface area is 144 Å². The average Bonchev–Trinajstić information content (AvgIpc) is 3.10. The van der Waals surface area contributed by atoms with Gasteiger partial charge in [-0.05, 0) is 31.2 Å². The Bertz CT molecular complexity index is 790. The second-order valence-electron chi connectivity index (χ2n) is 5.05. The molecule has 3 aromatic rings. The highest BCUT2D eigenvalue weighted by molar-refractivity contribution is 8.00. The number of hydrogen-bond donors (Lipinski definition) is 0. The van der Waals surface area contributed by atoms with Crippen LogP contribution in [0.4, 0.5) is 0 Å². The number of hydrogen-bond acceptors (Lipinski definition) is 6. The van der Waals surface area contributed by atoms with Gasteiger partial charge in [0.2, 0.25) is 5.89 Å². The van der Waals surface area contributed by atoms with Gasteiger partial charge >= 0.3 is 5.97 Å². The monoisotopic (exact) mass is 340 g/mol. The zero-order valence-electron chi connectivity index (χ0n) is 13.1. The first kappa shape index (κ1) is 16.3. The summed E-state index contributed by atoms with van der Waals surface area (Å²) in [6.45, 7) is 1.78. The van der Waals surface area contributed by atoms with E-state index in [1.807, 2.05) is 67.6 Å². The van der Waals surface area contributed by atoms with Crippen LogP contribution in [0.25, 0.3) is 11.5 Å². The third-order valence-corrected chi connectivity index (χ3v) is 4.30. The molecule has 0 fully saturated rings. The first-order chi connectivity index (χ1) is 11.7. The van der Waals surface area contributed by atoms with Crippen molar-refractivity contribution in [1.29, 1.82) is 0 Å². The van der Waals surface area contributed by atoms with E-state index in [0.29, 0.717) is 5.89 Å². The lowest BCUT2D eigenvalue weighted by Gasteiger charge is -2.09. The lowest BCUT2D eigenvalue weighted by Crippen LogP contribution is -2.16. The van der Waals surface area contributed by atoms with E-state index >= 15 is 0 Å². The lowest BCUT2D eigenvalue weighted by molar-refractivity contribution is -0.144. The van der Waals surface area contributed by atoms with E-state index in [0.717, 1.165) is 10.5 Å². The van der Waals surface area contributed by atoms with Gasteiger partial charge in [0.1, 0.15) is 5.25 Å². The molecule has 0 saturated carbocycles. The minimum Gasteiger partial charge on any atom is -0.455 e. The number of carbonyl (C=O) groups is 1. The lowest BCUT2D eigenvalue weighted by atomic mass is 10.2. The highest BCUT2D eigenvalue weighted by Crippen LogP contribution is 2.24. The molecule has 0 aliphatic heterocycles. The van der Waals surface area contributed by atoms with E-state index in [1.54, 1.807) is 0 Å². The summed E-state index contributed by atoms with van der Waals surface area (Å²) in [7, 11) is 0. The molecule has 0 aliphatic rings. The minimum absolute atomic E-state index is 0.0294. The molecule has 0 spiro atoms. The van der Waals surface area contributed by atoms with Crippen LogP contribution < -0.4 is 0 Å². The second-order valence-corrected chi connectivity index (χ2v) is 6.46. The van der Waals surface area contributed by atoms with Gasteiger partial charge in [0.05, 0.1) is 0 Å². The van der Waals surface area contributed by atoms with Crippen LogP contribution in [-0.4, -0.2) is 21.4 Å². The molecule has 1 aromatic heterocycles. The SMILES string of the molecule is C[C@@H](Sc1ccccc1)C(=O)OCc1nnc(-c2ccccc2)o1. The molecular weight excluding hydrogens is 324 g/mol. The van der Waals surface area contributed by atoms with Gasteiger partial charge < -0.3 is 9.15 Å². The number of nitrogens with zero attached hydrogens (tertiary/aromatic N) is 2. The largest absolute Gasteiger partial charge is 0.455 e. The Hall–Kier alpha value is -2.60. The molecule has 24 heavy (non-hydrogen) atoms. The topological polar surface area (TPSA) is 65.2 Å². The Morgan fingerprint density at radius 2 is 1.75 bits per heavy atom. The summed E-state index contributed by atoms with van der Waals surface area (Å²) in [6.07, 6.45) is 0. The normalized spacial score (nSPS) is 11.9. The number of benzene rings is 2. The fraction of sp³-hybridized carbons (Fsp3) is 0.167. The minimum atomic E-state index is -0.316. The van der Waals surface area contributed by atoms with E-state index in [2.05, 4.69) is 10.2 Å². The summed E-state index contributed by atoms with van der Waals surface area (Å²) >= 11 is 1.45. The van der Waals surface area contributed by atoms with Gasteiger partial charge in [0, 0.05) is 10.5 Å². The van der Waals surface area contributed by atoms with Crippen molar-refractivity contribution in [3.8, 4) is 11.5 Å². The van der Waals surface area contributed by atoms with E-state index in [9.17, 15) is 4.79 Å². The summed E-state index contributed by atoms with van der Waals surface area (Å²) in [6, 6.07) is 19.2. The number of aromatic nitrogens is 2. The Kier molecular flexibility index (Phi) is 5.28. The maximum atomic E-state index is 12.1. The van der Waals surface area contributed by atoms with Crippen LogP contribution in [0, 0.1) is 0 Å². The Morgan fingerprint density at radius 3 is 2.46 bits per heavy atom. The van der Waals surface area contributed by atoms with Gasteiger partial charge in [-0.1, -0.05) is 36.4 Å². The standard InChI is InChI=1S/C18H16N2O3S/c1-13(24-15-10-6-3-7-11-15)18(21)22-12-16-19-20-17(23-16)14-8-4-2-5-9-14/h2-11,13H,12H2,1H3/t13-/m1/s1. The van der Waals surface area contributed by atoms with Crippen molar-refractivity contribution in [3.63, 3.8) is 0 Å². The molecule has 122 valence electrons. The highest BCUT2D eigenvalue weighted by atomic mass is 32.2. The van der Waals surface area contributed by atoms with E-state index in [-0.39, 0.29) is 23.7 Å². The average molecular weight is 340 g/mol. The molecule has 0 saturated heterocycles. The Morgan fingerprint density at radius 1 is 1.08 bits per heavy atom. The number of esters is 1. The summed E-state index contributed by atoms with van der Waals surface area (Å²) in [4.78, 5) is 13.1. The smallest absolute Gasteiger partial charge is 0.319 e. The fourth-order valence-electron chi connectivity index (χ4n) is 2.01. The molecule has 1 heterocycles. The zero-order chi connectivity index (χ0) is 16.8.